The normalized spacial score (nSPS) is 12.4. The first-order valence-electron chi connectivity index (χ1n) is 9.16. The van der Waals surface area contributed by atoms with Gasteiger partial charge in [0.15, 0.2) is 0 Å². The standard InChI is InChI=1S/C23H33OPS/c1-14-10-15(2)20(12-17(14)22(4,5)6)26-21-13-18(23(7,8)9)19(24-25)11-16(21)3/h10-13H,25H2,1-9H3. The Bertz CT molecular complexity index is 810. The molecule has 2 rings (SSSR count). The lowest BCUT2D eigenvalue weighted by Crippen LogP contribution is -2.13. The van der Waals surface area contributed by atoms with E-state index in [-0.39, 0.29) is 10.8 Å². The van der Waals surface area contributed by atoms with Crippen molar-refractivity contribution in [2.45, 2.75) is 82.9 Å². The molecule has 0 aliphatic carbocycles. The lowest BCUT2D eigenvalue weighted by molar-refractivity contribution is 0.543. The van der Waals surface area contributed by atoms with Crippen LogP contribution in [0.2, 0.25) is 0 Å². The van der Waals surface area contributed by atoms with Gasteiger partial charge in [0.1, 0.15) is 5.75 Å². The molecule has 0 amide bonds. The molecule has 0 aromatic heterocycles. The topological polar surface area (TPSA) is 9.23 Å². The molecule has 1 atom stereocenters. The van der Waals surface area contributed by atoms with Crippen LogP contribution in [0.3, 0.4) is 0 Å². The maximum Gasteiger partial charge on any atom is 0.126 e. The predicted octanol–water partition coefficient (Wildman–Crippen LogP) is 7.53. The third kappa shape index (κ3) is 4.65. The van der Waals surface area contributed by atoms with Crippen LogP contribution in [0.15, 0.2) is 34.1 Å². The predicted molar refractivity (Wildman–Crippen MR) is 119 cm³/mol. The molecule has 2 aromatic rings. The van der Waals surface area contributed by atoms with Crippen LogP contribution in [0.5, 0.6) is 5.75 Å². The van der Waals surface area contributed by atoms with Gasteiger partial charge in [-0.15, -0.1) is 0 Å². The molecule has 1 nitrogen and oxygen atoms in total. The van der Waals surface area contributed by atoms with E-state index >= 15 is 0 Å². The van der Waals surface area contributed by atoms with Crippen molar-refractivity contribution in [3.8, 4) is 5.75 Å². The van der Waals surface area contributed by atoms with Crippen molar-refractivity contribution in [3.63, 3.8) is 0 Å². The largest absolute Gasteiger partial charge is 0.480 e. The van der Waals surface area contributed by atoms with Gasteiger partial charge in [0.25, 0.3) is 0 Å². The minimum atomic E-state index is 0.0355. The van der Waals surface area contributed by atoms with Crippen molar-refractivity contribution in [3.05, 3.63) is 52.1 Å². The Hall–Kier alpha value is -0.980. The third-order valence-corrected chi connectivity index (χ3v) is 6.34. The Balaban J connectivity index is 2.55. The second-order valence-corrected chi connectivity index (χ2v) is 10.6. The zero-order valence-corrected chi connectivity index (χ0v) is 19.7. The third-order valence-electron chi connectivity index (χ3n) is 4.76. The van der Waals surface area contributed by atoms with Crippen LogP contribution in [0.1, 0.15) is 69.4 Å². The van der Waals surface area contributed by atoms with Crippen LogP contribution >= 0.6 is 21.2 Å². The lowest BCUT2D eigenvalue weighted by Gasteiger charge is -2.25. The van der Waals surface area contributed by atoms with Crippen LogP contribution in [-0.2, 0) is 10.8 Å². The maximum atomic E-state index is 5.57. The summed E-state index contributed by atoms with van der Waals surface area (Å²) >= 11 is 1.87. The van der Waals surface area contributed by atoms with Gasteiger partial charge in [-0.2, -0.15) is 0 Å². The molecule has 0 N–H and O–H groups in total. The van der Waals surface area contributed by atoms with E-state index in [1.165, 1.54) is 37.6 Å². The molecule has 142 valence electrons. The van der Waals surface area contributed by atoms with Gasteiger partial charge in [-0.3, -0.25) is 0 Å². The number of aryl methyl sites for hydroxylation is 3. The zero-order chi connectivity index (χ0) is 19.9. The Morgan fingerprint density at radius 2 is 1.15 bits per heavy atom. The smallest absolute Gasteiger partial charge is 0.126 e. The molecule has 1 unspecified atom stereocenters. The van der Waals surface area contributed by atoms with Crippen LogP contribution in [-0.4, -0.2) is 0 Å². The van der Waals surface area contributed by atoms with Gasteiger partial charge in [0.2, 0.25) is 0 Å². The van der Waals surface area contributed by atoms with E-state index in [1.807, 2.05) is 11.8 Å². The highest BCUT2D eigenvalue weighted by atomic mass is 32.2. The van der Waals surface area contributed by atoms with Gasteiger partial charge >= 0.3 is 0 Å². The summed E-state index contributed by atoms with van der Waals surface area (Å²) in [6, 6.07) is 9.16. The molecule has 0 aliphatic rings. The van der Waals surface area contributed by atoms with Crippen molar-refractivity contribution in [1.29, 1.82) is 0 Å². The van der Waals surface area contributed by atoms with E-state index < -0.39 is 0 Å². The Kier molecular flexibility index (Phi) is 6.20. The van der Waals surface area contributed by atoms with Crippen LogP contribution < -0.4 is 4.52 Å². The second-order valence-electron chi connectivity index (χ2n) is 9.27. The minimum absolute atomic E-state index is 0.0355. The van der Waals surface area contributed by atoms with E-state index in [0.29, 0.717) is 0 Å². The number of benzene rings is 2. The molecule has 0 radical (unpaired) electrons. The quantitative estimate of drug-likeness (QED) is 0.503. The minimum Gasteiger partial charge on any atom is -0.480 e. The second kappa shape index (κ2) is 7.56. The highest BCUT2D eigenvalue weighted by Crippen LogP contribution is 2.42. The Labute approximate surface area is 166 Å². The van der Waals surface area contributed by atoms with Crippen molar-refractivity contribution in [2.75, 3.05) is 0 Å². The number of hydrogen-bond acceptors (Lipinski definition) is 2. The molecule has 0 aliphatic heterocycles. The van der Waals surface area contributed by atoms with Gasteiger partial charge in [0.05, 0.1) is 9.47 Å². The molecule has 2 aromatic carbocycles. The van der Waals surface area contributed by atoms with Crippen LogP contribution in [0.4, 0.5) is 0 Å². The van der Waals surface area contributed by atoms with Crippen molar-refractivity contribution >= 4 is 21.2 Å². The Morgan fingerprint density at radius 3 is 1.62 bits per heavy atom. The molecule has 26 heavy (non-hydrogen) atoms. The summed E-state index contributed by atoms with van der Waals surface area (Å²) in [7, 11) is 2.39. The molecule has 0 heterocycles. The summed E-state index contributed by atoms with van der Waals surface area (Å²) in [6.45, 7) is 20.1. The molecule has 0 saturated carbocycles. The number of hydrogen-bond donors (Lipinski definition) is 0. The molecular weight excluding hydrogens is 355 g/mol. The molecule has 0 fully saturated rings. The maximum absolute atomic E-state index is 5.57. The van der Waals surface area contributed by atoms with Crippen molar-refractivity contribution in [2.24, 2.45) is 0 Å². The average molecular weight is 389 g/mol. The first-order chi connectivity index (χ1) is 11.8. The van der Waals surface area contributed by atoms with Gasteiger partial charge in [0, 0.05) is 15.4 Å². The van der Waals surface area contributed by atoms with Crippen LogP contribution in [0.25, 0.3) is 0 Å². The summed E-state index contributed by atoms with van der Waals surface area (Å²) in [5.41, 5.74) is 6.80. The lowest BCUT2D eigenvalue weighted by atomic mass is 9.83. The highest BCUT2D eigenvalue weighted by Gasteiger charge is 2.22. The number of rotatable bonds is 3. The average Bonchev–Trinajstić information content (AvgIpc) is 2.48. The molecule has 0 bridgehead atoms. The van der Waals surface area contributed by atoms with E-state index in [4.69, 9.17) is 4.52 Å². The van der Waals surface area contributed by atoms with Gasteiger partial charge in [-0.25, -0.2) is 0 Å². The van der Waals surface area contributed by atoms with Crippen molar-refractivity contribution < 1.29 is 4.52 Å². The monoisotopic (exact) mass is 388 g/mol. The molecule has 0 spiro atoms. The first kappa shape index (κ1) is 21.3. The fourth-order valence-corrected chi connectivity index (χ4v) is 4.55. The SMILES string of the molecule is Cc1cc(C)c(C(C)(C)C)cc1Sc1cc(C(C)(C)C)c(OP)cc1C. The Morgan fingerprint density at radius 1 is 0.692 bits per heavy atom. The fraction of sp³-hybridized carbons (Fsp3) is 0.478. The molecular formula is C23H33OPS. The van der Waals surface area contributed by atoms with Crippen molar-refractivity contribution in [1.82, 2.24) is 0 Å². The summed E-state index contributed by atoms with van der Waals surface area (Å²) in [6.07, 6.45) is 0. The van der Waals surface area contributed by atoms with Gasteiger partial charge in [-0.1, -0.05) is 59.4 Å². The van der Waals surface area contributed by atoms with Crippen LogP contribution in [0, 0.1) is 20.8 Å². The van der Waals surface area contributed by atoms with Gasteiger partial charge in [-0.05, 0) is 72.1 Å². The zero-order valence-electron chi connectivity index (χ0n) is 17.7. The first-order valence-corrected chi connectivity index (χ1v) is 10.4. The molecule has 0 saturated heterocycles. The fourth-order valence-electron chi connectivity index (χ4n) is 3.32. The van der Waals surface area contributed by atoms with E-state index in [2.05, 4.69) is 96.0 Å². The van der Waals surface area contributed by atoms with E-state index in [9.17, 15) is 0 Å². The summed E-state index contributed by atoms with van der Waals surface area (Å²) < 4.78 is 5.57. The van der Waals surface area contributed by atoms with Gasteiger partial charge < -0.3 is 4.52 Å². The highest BCUT2D eigenvalue weighted by molar-refractivity contribution is 7.99. The summed E-state index contributed by atoms with van der Waals surface area (Å²) in [4.78, 5) is 2.63. The molecule has 3 heteroatoms. The summed E-state index contributed by atoms with van der Waals surface area (Å²) in [5.74, 6) is 0.945. The van der Waals surface area contributed by atoms with E-state index in [0.717, 1.165) is 5.75 Å². The summed E-state index contributed by atoms with van der Waals surface area (Å²) in [5, 5.41) is 0. The van der Waals surface area contributed by atoms with E-state index in [1.54, 1.807) is 0 Å².